The molecule has 0 atom stereocenters. The van der Waals surface area contributed by atoms with Crippen LogP contribution in [0.4, 0.5) is 18.0 Å². The Labute approximate surface area is 115 Å². The average Bonchev–Trinajstić information content (AvgIpc) is 2.96. The van der Waals surface area contributed by atoms with Crippen LogP contribution in [-0.4, -0.2) is 48.5 Å². The lowest BCUT2D eigenvalue weighted by molar-refractivity contribution is -0.142. The van der Waals surface area contributed by atoms with Gasteiger partial charge in [-0.1, -0.05) is 12.8 Å². The van der Waals surface area contributed by atoms with Crippen molar-refractivity contribution in [1.82, 2.24) is 15.6 Å². The molecule has 114 valence electrons. The molecule has 2 rings (SSSR count). The van der Waals surface area contributed by atoms with Gasteiger partial charge in [0.25, 0.3) is 0 Å². The summed E-state index contributed by atoms with van der Waals surface area (Å²) >= 11 is 0. The molecule has 0 spiro atoms. The molecule has 2 aliphatic rings. The number of likely N-dealkylation sites (tertiary alicyclic amines) is 1. The van der Waals surface area contributed by atoms with E-state index in [2.05, 4.69) is 15.8 Å². The van der Waals surface area contributed by atoms with Gasteiger partial charge in [-0.25, -0.2) is 10.2 Å². The van der Waals surface area contributed by atoms with Gasteiger partial charge >= 0.3 is 12.2 Å². The molecular weight excluding hydrogens is 273 g/mol. The summed E-state index contributed by atoms with van der Waals surface area (Å²) in [5, 5.41) is 6.69. The number of hydrogen-bond acceptors (Lipinski definition) is 3. The fourth-order valence-electron chi connectivity index (χ4n) is 2.60. The van der Waals surface area contributed by atoms with Crippen LogP contribution < -0.4 is 10.7 Å². The van der Waals surface area contributed by atoms with Crippen LogP contribution >= 0.6 is 0 Å². The minimum Gasteiger partial charge on any atom is -0.334 e. The Bertz CT molecular complexity index is 377. The zero-order valence-corrected chi connectivity index (χ0v) is 11.2. The summed E-state index contributed by atoms with van der Waals surface area (Å²) in [7, 11) is 0. The number of urea groups is 1. The lowest BCUT2D eigenvalue weighted by Gasteiger charge is -2.15. The van der Waals surface area contributed by atoms with E-state index in [0.29, 0.717) is 18.7 Å². The number of rotatable bonds is 3. The highest BCUT2D eigenvalue weighted by Crippen LogP contribution is 2.19. The third-order valence-electron chi connectivity index (χ3n) is 3.53. The molecule has 1 saturated carbocycles. The van der Waals surface area contributed by atoms with E-state index in [9.17, 15) is 18.0 Å². The van der Waals surface area contributed by atoms with Crippen LogP contribution in [0.3, 0.4) is 0 Å². The van der Waals surface area contributed by atoms with Crippen molar-refractivity contribution in [3.8, 4) is 0 Å². The zero-order valence-electron chi connectivity index (χ0n) is 11.2. The molecule has 20 heavy (non-hydrogen) atoms. The number of hydrazone groups is 1. The van der Waals surface area contributed by atoms with Crippen LogP contribution in [0.2, 0.25) is 0 Å². The van der Waals surface area contributed by atoms with Crippen molar-refractivity contribution in [1.29, 1.82) is 0 Å². The van der Waals surface area contributed by atoms with E-state index in [1.165, 1.54) is 4.90 Å². The van der Waals surface area contributed by atoms with Gasteiger partial charge in [-0.05, 0) is 12.8 Å². The van der Waals surface area contributed by atoms with Gasteiger partial charge in [-0.2, -0.15) is 18.3 Å². The summed E-state index contributed by atoms with van der Waals surface area (Å²) in [4.78, 5) is 12.8. The highest BCUT2D eigenvalue weighted by Gasteiger charge is 2.33. The molecule has 5 nitrogen and oxygen atoms in total. The molecule has 1 aliphatic heterocycles. The summed E-state index contributed by atoms with van der Waals surface area (Å²) in [5.41, 5.74) is 2.94. The number of carbonyl (C=O) groups excluding carboxylic acids is 1. The number of carbonyl (C=O) groups is 1. The van der Waals surface area contributed by atoms with Crippen molar-refractivity contribution in [2.24, 2.45) is 5.10 Å². The molecule has 0 aromatic heterocycles. The molecule has 2 fully saturated rings. The summed E-state index contributed by atoms with van der Waals surface area (Å²) < 4.78 is 36.6. The molecule has 0 aromatic rings. The second kappa shape index (κ2) is 6.43. The van der Waals surface area contributed by atoms with Gasteiger partial charge in [0.15, 0.2) is 0 Å². The quantitative estimate of drug-likeness (QED) is 0.780. The standard InChI is InChI=1S/C12H19F3N4O/c13-12(14,15)8-19-6-5-10(7-19)17-18-11(20)16-9-3-1-2-4-9/h9H,1-8H2,(H2,16,18,20). The maximum atomic E-state index is 12.2. The Hall–Kier alpha value is -1.31. The SMILES string of the molecule is O=C(NN=C1CCN(CC(F)(F)F)C1)NC1CCCC1. The number of nitrogens with one attached hydrogen (secondary N) is 2. The van der Waals surface area contributed by atoms with Gasteiger partial charge in [0, 0.05) is 25.6 Å². The zero-order chi connectivity index (χ0) is 14.6. The van der Waals surface area contributed by atoms with Crippen LogP contribution in [-0.2, 0) is 0 Å². The van der Waals surface area contributed by atoms with E-state index in [1.807, 2.05) is 0 Å². The topological polar surface area (TPSA) is 56.7 Å². The Morgan fingerprint density at radius 1 is 1.35 bits per heavy atom. The molecule has 1 aliphatic carbocycles. The smallest absolute Gasteiger partial charge is 0.334 e. The lowest BCUT2D eigenvalue weighted by Crippen LogP contribution is -2.39. The monoisotopic (exact) mass is 292 g/mol. The fourth-order valence-corrected chi connectivity index (χ4v) is 2.60. The molecule has 2 amide bonds. The molecular formula is C12H19F3N4O. The van der Waals surface area contributed by atoms with Gasteiger partial charge in [0.05, 0.1) is 12.3 Å². The van der Waals surface area contributed by atoms with Crippen LogP contribution in [0.15, 0.2) is 5.10 Å². The van der Waals surface area contributed by atoms with E-state index in [4.69, 9.17) is 0 Å². The molecule has 8 heteroatoms. The molecule has 1 heterocycles. The van der Waals surface area contributed by atoms with Crippen LogP contribution in [0, 0.1) is 0 Å². The average molecular weight is 292 g/mol. The van der Waals surface area contributed by atoms with E-state index in [0.717, 1.165) is 25.7 Å². The summed E-state index contributed by atoms with van der Waals surface area (Å²) in [6.45, 7) is -0.451. The summed E-state index contributed by atoms with van der Waals surface area (Å²) in [6, 6.07) is -0.181. The normalized spacial score (nSPS) is 23.4. The highest BCUT2D eigenvalue weighted by atomic mass is 19.4. The molecule has 0 bridgehead atoms. The van der Waals surface area contributed by atoms with Crippen LogP contribution in [0.1, 0.15) is 32.1 Å². The Balaban J connectivity index is 1.71. The highest BCUT2D eigenvalue weighted by molar-refractivity contribution is 5.89. The molecule has 0 radical (unpaired) electrons. The molecule has 1 saturated heterocycles. The Morgan fingerprint density at radius 3 is 2.70 bits per heavy atom. The Kier molecular flexibility index (Phi) is 4.85. The minimum absolute atomic E-state index is 0.156. The van der Waals surface area contributed by atoms with E-state index in [-0.39, 0.29) is 18.6 Å². The maximum absolute atomic E-state index is 12.2. The number of hydrogen-bond donors (Lipinski definition) is 2. The predicted molar refractivity (Wildman–Crippen MR) is 68.5 cm³/mol. The maximum Gasteiger partial charge on any atom is 0.401 e. The second-order valence-electron chi connectivity index (χ2n) is 5.32. The largest absolute Gasteiger partial charge is 0.401 e. The van der Waals surface area contributed by atoms with Crippen molar-refractivity contribution in [3.05, 3.63) is 0 Å². The predicted octanol–water partition coefficient (Wildman–Crippen LogP) is 1.85. The fraction of sp³-hybridized carbons (Fsp3) is 0.833. The van der Waals surface area contributed by atoms with E-state index in [1.54, 1.807) is 0 Å². The third-order valence-corrected chi connectivity index (χ3v) is 3.53. The van der Waals surface area contributed by atoms with Crippen LogP contribution in [0.25, 0.3) is 0 Å². The van der Waals surface area contributed by atoms with Gasteiger partial charge in [0.1, 0.15) is 0 Å². The summed E-state index contributed by atoms with van der Waals surface area (Å²) in [6.07, 6.45) is 0.451. The van der Waals surface area contributed by atoms with Gasteiger partial charge in [0.2, 0.25) is 0 Å². The van der Waals surface area contributed by atoms with E-state index >= 15 is 0 Å². The Morgan fingerprint density at radius 2 is 2.05 bits per heavy atom. The lowest BCUT2D eigenvalue weighted by atomic mass is 10.3. The van der Waals surface area contributed by atoms with Gasteiger partial charge in [-0.3, -0.25) is 4.90 Å². The number of amides is 2. The first-order valence-corrected chi connectivity index (χ1v) is 6.83. The van der Waals surface area contributed by atoms with Crippen molar-refractivity contribution < 1.29 is 18.0 Å². The minimum atomic E-state index is -4.19. The summed E-state index contributed by atoms with van der Waals surface area (Å²) in [5.74, 6) is 0. The number of alkyl halides is 3. The second-order valence-corrected chi connectivity index (χ2v) is 5.32. The van der Waals surface area contributed by atoms with Crippen molar-refractivity contribution in [2.45, 2.75) is 44.3 Å². The van der Waals surface area contributed by atoms with Crippen molar-refractivity contribution in [3.63, 3.8) is 0 Å². The first-order chi connectivity index (χ1) is 9.42. The molecule has 0 unspecified atom stereocenters. The van der Waals surface area contributed by atoms with Gasteiger partial charge in [-0.15, -0.1) is 0 Å². The third kappa shape index (κ3) is 4.99. The molecule has 0 aromatic carbocycles. The molecule has 2 N–H and O–H groups in total. The first kappa shape index (κ1) is 15.1. The van der Waals surface area contributed by atoms with Crippen molar-refractivity contribution >= 4 is 11.7 Å². The van der Waals surface area contributed by atoms with Crippen LogP contribution in [0.5, 0.6) is 0 Å². The van der Waals surface area contributed by atoms with E-state index < -0.39 is 12.7 Å². The number of nitrogens with zero attached hydrogens (tertiary/aromatic N) is 2. The number of halogens is 3. The van der Waals surface area contributed by atoms with Gasteiger partial charge < -0.3 is 5.32 Å². The first-order valence-electron chi connectivity index (χ1n) is 6.83. The van der Waals surface area contributed by atoms with Crippen molar-refractivity contribution in [2.75, 3.05) is 19.6 Å².